The van der Waals surface area contributed by atoms with Gasteiger partial charge in [-0.25, -0.2) is 4.79 Å². The number of carbonyl (C=O) groups is 1. The molecule has 4 heteroatoms. The second-order valence-corrected chi connectivity index (χ2v) is 6.42. The fourth-order valence-corrected chi connectivity index (χ4v) is 2.30. The van der Waals surface area contributed by atoms with E-state index in [1.54, 1.807) is 0 Å². The highest BCUT2D eigenvalue weighted by molar-refractivity contribution is 5.69. The molecule has 1 fully saturated rings. The molecule has 0 aromatic carbocycles. The van der Waals surface area contributed by atoms with Crippen LogP contribution in [0.1, 0.15) is 47.5 Å². The Morgan fingerprint density at radius 3 is 2.41 bits per heavy atom. The lowest BCUT2D eigenvalue weighted by atomic mass is 9.87. The predicted octanol–water partition coefficient (Wildman–Crippen LogP) is 2.38. The highest BCUT2D eigenvalue weighted by Gasteiger charge is 2.39. The van der Waals surface area contributed by atoms with Crippen molar-refractivity contribution in [1.29, 1.82) is 0 Å². The fraction of sp³-hybridized carbons (Fsp3) is 0.923. The van der Waals surface area contributed by atoms with Gasteiger partial charge in [0.2, 0.25) is 0 Å². The molecule has 0 aromatic rings. The number of likely N-dealkylation sites (tertiary alicyclic amines) is 1. The number of piperidine rings is 1. The van der Waals surface area contributed by atoms with E-state index in [1.165, 1.54) is 0 Å². The first-order valence-corrected chi connectivity index (χ1v) is 6.33. The van der Waals surface area contributed by atoms with Gasteiger partial charge in [-0.3, -0.25) is 0 Å². The molecule has 4 nitrogen and oxygen atoms in total. The lowest BCUT2D eigenvalue weighted by Gasteiger charge is -2.45. The Kier molecular flexibility index (Phi) is 4.07. The number of nitrogens with zero attached hydrogens (tertiary/aromatic N) is 1. The van der Waals surface area contributed by atoms with Gasteiger partial charge in [0.05, 0.1) is 0 Å². The first-order valence-electron chi connectivity index (χ1n) is 6.33. The molecule has 1 atom stereocenters. The fourth-order valence-electron chi connectivity index (χ4n) is 2.30. The zero-order chi connectivity index (χ0) is 13.3. The van der Waals surface area contributed by atoms with E-state index in [1.807, 2.05) is 32.7 Å². The molecule has 0 spiro atoms. The molecule has 0 saturated carbocycles. The van der Waals surface area contributed by atoms with Gasteiger partial charge >= 0.3 is 6.09 Å². The summed E-state index contributed by atoms with van der Waals surface area (Å²) in [6.45, 7) is 10.7. The average molecular weight is 242 g/mol. The Hall–Kier alpha value is -0.770. The van der Waals surface area contributed by atoms with Crippen molar-refractivity contribution in [2.75, 3.05) is 13.6 Å². The van der Waals surface area contributed by atoms with Crippen molar-refractivity contribution >= 4 is 6.09 Å². The van der Waals surface area contributed by atoms with Gasteiger partial charge < -0.3 is 15.0 Å². The number of hydrogen-bond donors (Lipinski definition) is 1. The van der Waals surface area contributed by atoms with Crippen LogP contribution in [0.15, 0.2) is 0 Å². The van der Waals surface area contributed by atoms with Crippen LogP contribution in [0.25, 0.3) is 0 Å². The van der Waals surface area contributed by atoms with Crippen molar-refractivity contribution in [2.24, 2.45) is 0 Å². The average Bonchev–Trinajstić information content (AvgIpc) is 2.12. The third-order valence-electron chi connectivity index (χ3n) is 3.20. The number of nitrogens with one attached hydrogen (secondary N) is 1. The molecule has 0 aliphatic carbocycles. The van der Waals surface area contributed by atoms with Crippen molar-refractivity contribution in [3.05, 3.63) is 0 Å². The summed E-state index contributed by atoms with van der Waals surface area (Å²) in [7, 11) is 1.98. The zero-order valence-electron chi connectivity index (χ0n) is 12.0. The highest BCUT2D eigenvalue weighted by Crippen LogP contribution is 2.29. The third kappa shape index (κ3) is 3.87. The van der Waals surface area contributed by atoms with Crippen LogP contribution in [0, 0.1) is 0 Å². The molecule has 1 aliphatic heterocycles. The van der Waals surface area contributed by atoms with E-state index in [0.717, 1.165) is 19.4 Å². The van der Waals surface area contributed by atoms with Gasteiger partial charge in [0.1, 0.15) is 5.60 Å². The number of hydrogen-bond acceptors (Lipinski definition) is 3. The topological polar surface area (TPSA) is 41.6 Å². The van der Waals surface area contributed by atoms with Crippen molar-refractivity contribution in [3.8, 4) is 0 Å². The van der Waals surface area contributed by atoms with Crippen LogP contribution < -0.4 is 5.32 Å². The standard InChI is InChI=1S/C13H26N2O2/c1-12(2,3)17-11(16)15-8-7-10(14-6)9-13(15,4)5/h10,14H,7-9H2,1-6H3/t10-/m1/s1. The molecular weight excluding hydrogens is 216 g/mol. The van der Waals surface area contributed by atoms with Gasteiger partial charge in [0.15, 0.2) is 0 Å². The minimum atomic E-state index is -0.424. The highest BCUT2D eigenvalue weighted by atomic mass is 16.6. The van der Waals surface area contributed by atoms with Gasteiger partial charge in [0.25, 0.3) is 0 Å². The molecule has 1 amide bonds. The summed E-state index contributed by atoms with van der Waals surface area (Å²) >= 11 is 0. The van der Waals surface area contributed by atoms with E-state index in [-0.39, 0.29) is 11.6 Å². The Morgan fingerprint density at radius 1 is 1.41 bits per heavy atom. The number of rotatable bonds is 1. The van der Waals surface area contributed by atoms with E-state index >= 15 is 0 Å². The maximum Gasteiger partial charge on any atom is 0.410 e. The summed E-state index contributed by atoms with van der Waals surface area (Å²) in [5.74, 6) is 0. The van der Waals surface area contributed by atoms with Gasteiger partial charge in [-0.2, -0.15) is 0 Å². The maximum absolute atomic E-state index is 12.1. The minimum Gasteiger partial charge on any atom is -0.444 e. The van der Waals surface area contributed by atoms with Gasteiger partial charge in [0, 0.05) is 18.1 Å². The van der Waals surface area contributed by atoms with Crippen molar-refractivity contribution in [1.82, 2.24) is 10.2 Å². The van der Waals surface area contributed by atoms with E-state index < -0.39 is 5.60 Å². The van der Waals surface area contributed by atoms with Gasteiger partial charge in [-0.05, 0) is 54.5 Å². The molecular formula is C13H26N2O2. The van der Waals surface area contributed by atoms with Crippen molar-refractivity contribution in [3.63, 3.8) is 0 Å². The largest absolute Gasteiger partial charge is 0.444 e. The Balaban J connectivity index is 2.68. The van der Waals surface area contributed by atoms with Crippen LogP contribution in [0.2, 0.25) is 0 Å². The molecule has 0 radical (unpaired) electrons. The molecule has 1 heterocycles. The molecule has 0 unspecified atom stereocenters. The third-order valence-corrected chi connectivity index (χ3v) is 3.20. The summed E-state index contributed by atoms with van der Waals surface area (Å²) in [5, 5.41) is 3.29. The summed E-state index contributed by atoms with van der Waals surface area (Å²) < 4.78 is 5.45. The summed E-state index contributed by atoms with van der Waals surface area (Å²) in [6.07, 6.45) is 1.75. The molecule has 0 bridgehead atoms. The van der Waals surface area contributed by atoms with E-state index in [2.05, 4.69) is 19.2 Å². The van der Waals surface area contributed by atoms with Crippen LogP contribution in [-0.2, 0) is 4.74 Å². The molecule has 1 aliphatic rings. The molecule has 1 N–H and O–H groups in total. The smallest absolute Gasteiger partial charge is 0.410 e. The minimum absolute atomic E-state index is 0.145. The lowest BCUT2D eigenvalue weighted by Crippen LogP contribution is -2.57. The maximum atomic E-state index is 12.1. The molecule has 0 aromatic heterocycles. The van der Waals surface area contributed by atoms with Crippen molar-refractivity contribution in [2.45, 2.75) is 64.6 Å². The first-order chi connectivity index (χ1) is 7.65. The van der Waals surface area contributed by atoms with Gasteiger partial charge in [-0.15, -0.1) is 0 Å². The van der Waals surface area contributed by atoms with Crippen molar-refractivity contribution < 1.29 is 9.53 Å². The van der Waals surface area contributed by atoms with Crippen LogP contribution in [-0.4, -0.2) is 41.8 Å². The second kappa shape index (κ2) is 4.84. The first kappa shape index (κ1) is 14.3. The SMILES string of the molecule is CN[C@@H]1CCN(C(=O)OC(C)(C)C)C(C)(C)C1. The van der Waals surface area contributed by atoms with E-state index in [0.29, 0.717) is 6.04 Å². The van der Waals surface area contributed by atoms with E-state index in [4.69, 9.17) is 4.74 Å². The molecule has 100 valence electrons. The Bertz CT molecular complexity index is 282. The number of amides is 1. The zero-order valence-corrected chi connectivity index (χ0v) is 12.0. The quantitative estimate of drug-likeness (QED) is 0.767. The van der Waals surface area contributed by atoms with Gasteiger partial charge in [-0.1, -0.05) is 0 Å². The van der Waals surface area contributed by atoms with E-state index in [9.17, 15) is 4.79 Å². The monoisotopic (exact) mass is 242 g/mol. The van der Waals surface area contributed by atoms with Crippen LogP contribution in [0.5, 0.6) is 0 Å². The number of carbonyl (C=O) groups excluding carboxylic acids is 1. The predicted molar refractivity (Wildman–Crippen MR) is 69.1 cm³/mol. The lowest BCUT2D eigenvalue weighted by molar-refractivity contribution is -0.0104. The molecule has 1 rings (SSSR count). The molecule has 17 heavy (non-hydrogen) atoms. The number of ether oxygens (including phenoxy) is 1. The Morgan fingerprint density at radius 2 is 2.00 bits per heavy atom. The van der Waals surface area contributed by atoms with Crippen LogP contribution in [0.3, 0.4) is 0 Å². The normalized spacial score (nSPS) is 24.6. The van der Waals surface area contributed by atoms with Crippen LogP contribution >= 0.6 is 0 Å². The summed E-state index contributed by atoms with van der Waals surface area (Å²) in [6, 6.07) is 0.490. The summed E-state index contributed by atoms with van der Waals surface area (Å²) in [4.78, 5) is 14.0. The summed E-state index contributed by atoms with van der Waals surface area (Å²) in [5.41, 5.74) is -0.568. The van der Waals surface area contributed by atoms with Crippen LogP contribution in [0.4, 0.5) is 4.79 Å². The second-order valence-electron chi connectivity index (χ2n) is 6.42. The molecule has 1 saturated heterocycles. The Labute approximate surface area is 105 Å².